The lowest BCUT2D eigenvalue weighted by Crippen LogP contribution is -2.34. The van der Waals surface area contributed by atoms with E-state index < -0.39 is 26.6 Å². The van der Waals surface area contributed by atoms with Crippen LogP contribution in [-0.4, -0.2) is 35.4 Å². The molecule has 0 aliphatic heterocycles. The Hall–Kier alpha value is -0.210. The molecule has 118 valence electrons. The van der Waals surface area contributed by atoms with Crippen molar-refractivity contribution in [2.75, 3.05) is 6.26 Å². The van der Waals surface area contributed by atoms with Crippen LogP contribution in [0.2, 0.25) is 0 Å². The van der Waals surface area contributed by atoms with Gasteiger partial charge in [-0.25, -0.2) is 0 Å². The molecule has 1 unspecified atom stereocenters. The zero-order chi connectivity index (χ0) is 15.8. The minimum Gasteiger partial charge on any atom is -0.285 e. The number of hydrogen-bond acceptors (Lipinski definition) is 3. The molecule has 1 atom stereocenters. The number of thioether (sulfide) groups is 1. The van der Waals surface area contributed by atoms with Crippen LogP contribution in [0.1, 0.15) is 39.5 Å². The summed E-state index contributed by atoms with van der Waals surface area (Å²) in [5.74, 6) is 0. The Bertz CT molecular complexity index is 493. The van der Waals surface area contributed by atoms with Crippen LogP contribution in [0, 0.1) is 0 Å². The van der Waals surface area contributed by atoms with Gasteiger partial charge in [0.2, 0.25) is 0 Å². The maximum atomic E-state index is 13.0. The minimum absolute atomic E-state index is 0.0632. The molecule has 1 aliphatic rings. The number of alkyl halides is 3. The van der Waals surface area contributed by atoms with Crippen molar-refractivity contribution in [3.8, 4) is 0 Å². The summed E-state index contributed by atoms with van der Waals surface area (Å²) in [7, 11) is -4.40. The van der Waals surface area contributed by atoms with Gasteiger partial charge in [0.1, 0.15) is 0 Å². The summed E-state index contributed by atoms with van der Waals surface area (Å²) in [5.41, 5.74) is -0.523. The predicted molar refractivity (Wildman–Crippen MR) is 74.5 cm³/mol. The van der Waals surface area contributed by atoms with Crippen molar-refractivity contribution in [3.05, 3.63) is 11.1 Å². The molecule has 1 rings (SSSR count). The van der Waals surface area contributed by atoms with Gasteiger partial charge in [-0.05, 0) is 45.8 Å². The van der Waals surface area contributed by atoms with Gasteiger partial charge in [0.25, 0.3) is 10.1 Å². The molecule has 0 aromatic rings. The molecule has 0 aromatic heterocycles. The van der Waals surface area contributed by atoms with Crippen LogP contribution in [0.5, 0.6) is 0 Å². The van der Waals surface area contributed by atoms with E-state index in [1.807, 2.05) is 6.26 Å². The molecule has 0 saturated carbocycles. The van der Waals surface area contributed by atoms with Crippen molar-refractivity contribution in [1.82, 2.24) is 0 Å². The minimum atomic E-state index is -4.44. The highest BCUT2D eigenvalue weighted by atomic mass is 32.2. The SMILES string of the molecule is CSC1CCC(C(F)(F)F)=C(CC(C)(C)S(=O)(=O)O)C1. The zero-order valence-electron chi connectivity index (χ0n) is 11.6. The Labute approximate surface area is 121 Å². The van der Waals surface area contributed by atoms with E-state index in [-0.39, 0.29) is 30.1 Å². The molecule has 0 radical (unpaired) electrons. The maximum Gasteiger partial charge on any atom is 0.412 e. The average Bonchev–Trinajstić information content (AvgIpc) is 2.25. The van der Waals surface area contributed by atoms with Gasteiger partial charge < -0.3 is 0 Å². The monoisotopic (exact) mass is 332 g/mol. The molecule has 0 spiro atoms. The summed E-state index contributed by atoms with van der Waals surface area (Å²) in [6.45, 7) is 2.48. The Morgan fingerprint density at radius 1 is 1.35 bits per heavy atom. The lowest BCUT2D eigenvalue weighted by Gasteiger charge is -2.31. The summed E-state index contributed by atoms with van der Waals surface area (Å²) < 4.78 is 69.2. The van der Waals surface area contributed by atoms with Gasteiger partial charge in [-0.3, -0.25) is 4.55 Å². The van der Waals surface area contributed by atoms with E-state index in [9.17, 15) is 21.6 Å². The highest BCUT2D eigenvalue weighted by Gasteiger charge is 2.42. The van der Waals surface area contributed by atoms with Gasteiger partial charge in [0, 0.05) is 10.8 Å². The summed E-state index contributed by atoms with van der Waals surface area (Å²) in [6, 6.07) is 0. The van der Waals surface area contributed by atoms with Crippen LogP contribution >= 0.6 is 11.8 Å². The van der Waals surface area contributed by atoms with Gasteiger partial charge in [-0.15, -0.1) is 0 Å². The Kier molecular flexibility index (Phi) is 5.25. The fourth-order valence-corrected chi connectivity index (χ4v) is 3.39. The first-order chi connectivity index (χ1) is 8.88. The molecule has 0 fully saturated rings. The second-order valence-electron chi connectivity index (χ2n) is 5.59. The van der Waals surface area contributed by atoms with Crippen LogP contribution in [-0.2, 0) is 10.1 Å². The topological polar surface area (TPSA) is 54.4 Å². The number of hydrogen-bond donors (Lipinski definition) is 1. The van der Waals surface area contributed by atoms with Crippen LogP contribution in [0.3, 0.4) is 0 Å². The second kappa shape index (κ2) is 5.88. The molecule has 0 aromatic carbocycles. The first kappa shape index (κ1) is 17.8. The first-order valence-corrected chi connectivity index (χ1v) is 8.89. The van der Waals surface area contributed by atoms with Gasteiger partial charge >= 0.3 is 6.18 Å². The normalized spacial score (nSPS) is 22.2. The lowest BCUT2D eigenvalue weighted by molar-refractivity contribution is -0.0960. The number of rotatable bonds is 4. The summed E-state index contributed by atoms with van der Waals surface area (Å²) in [6.07, 6.45) is -2.34. The third kappa shape index (κ3) is 4.14. The first-order valence-electron chi connectivity index (χ1n) is 6.16. The van der Waals surface area contributed by atoms with Crippen molar-refractivity contribution >= 4 is 21.9 Å². The van der Waals surface area contributed by atoms with E-state index in [0.717, 1.165) is 0 Å². The fraction of sp³-hybridized carbons (Fsp3) is 0.833. The third-order valence-corrected chi connectivity index (χ3v) is 6.24. The molecule has 0 bridgehead atoms. The molecular formula is C12H19F3O3S2. The van der Waals surface area contributed by atoms with Gasteiger partial charge in [-0.1, -0.05) is 5.57 Å². The molecule has 0 saturated heterocycles. The highest BCUT2D eigenvalue weighted by Crippen LogP contribution is 2.43. The standard InChI is InChI=1S/C12H19F3O3S2/c1-11(2,20(16,17)18)7-8-6-9(19-3)4-5-10(8)12(13,14)15/h9H,4-7H2,1-3H3,(H,16,17,18). The molecule has 0 heterocycles. The molecular weight excluding hydrogens is 313 g/mol. The zero-order valence-corrected chi connectivity index (χ0v) is 13.3. The Morgan fingerprint density at radius 3 is 2.30 bits per heavy atom. The molecule has 20 heavy (non-hydrogen) atoms. The fourth-order valence-electron chi connectivity index (χ4n) is 2.31. The lowest BCUT2D eigenvalue weighted by atomic mass is 9.86. The highest BCUT2D eigenvalue weighted by molar-refractivity contribution is 7.99. The van der Waals surface area contributed by atoms with E-state index >= 15 is 0 Å². The van der Waals surface area contributed by atoms with Crippen LogP contribution in [0.4, 0.5) is 13.2 Å². The average molecular weight is 332 g/mol. The van der Waals surface area contributed by atoms with Gasteiger partial charge in [0.05, 0.1) is 4.75 Å². The third-order valence-electron chi connectivity index (χ3n) is 3.63. The van der Waals surface area contributed by atoms with Crippen molar-refractivity contribution in [2.24, 2.45) is 0 Å². The van der Waals surface area contributed by atoms with Crippen LogP contribution < -0.4 is 0 Å². The van der Waals surface area contributed by atoms with E-state index in [1.54, 1.807) is 0 Å². The van der Waals surface area contributed by atoms with Gasteiger partial charge in [-0.2, -0.15) is 33.4 Å². The predicted octanol–water partition coefficient (Wildman–Crippen LogP) is 3.82. The molecule has 8 heteroatoms. The van der Waals surface area contributed by atoms with E-state index in [1.165, 1.54) is 25.6 Å². The van der Waals surface area contributed by atoms with Crippen molar-refractivity contribution < 1.29 is 26.1 Å². The molecule has 1 N–H and O–H groups in total. The smallest absolute Gasteiger partial charge is 0.285 e. The molecule has 1 aliphatic carbocycles. The molecule has 0 amide bonds. The van der Waals surface area contributed by atoms with E-state index in [2.05, 4.69) is 0 Å². The quantitative estimate of drug-likeness (QED) is 0.628. The maximum absolute atomic E-state index is 13.0. The van der Waals surface area contributed by atoms with E-state index in [0.29, 0.717) is 6.42 Å². The summed E-state index contributed by atoms with van der Waals surface area (Å²) in [5, 5.41) is 0.0632. The molecule has 3 nitrogen and oxygen atoms in total. The summed E-state index contributed by atoms with van der Waals surface area (Å²) >= 11 is 1.48. The van der Waals surface area contributed by atoms with Crippen molar-refractivity contribution in [3.63, 3.8) is 0 Å². The second-order valence-corrected chi connectivity index (χ2v) is 8.79. The largest absolute Gasteiger partial charge is 0.412 e. The summed E-state index contributed by atoms with van der Waals surface area (Å²) in [4.78, 5) is 0. The van der Waals surface area contributed by atoms with Crippen LogP contribution in [0.25, 0.3) is 0 Å². The van der Waals surface area contributed by atoms with Crippen molar-refractivity contribution in [2.45, 2.75) is 55.7 Å². The van der Waals surface area contributed by atoms with E-state index in [4.69, 9.17) is 4.55 Å². The van der Waals surface area contributed by atoms with Gasteiger partial charge in [0.15, 0.2) is 0 Å². The van der Waals surface area contributed by atoms with Crippen LogP contribution in [0.15, 0.2) is 11.1 Å². The Morgan fingerprint density at radius 2 is 1.90 bits per heavy atom. The van der Waals surface area contributed by atoms with Crippen molar-refractivity contribution in [1.29, 1.82) is 0 Å². The number of halogens is 3. The number of allylic oxidation sites excluding steroid dienone is 2. The Balaban J connectivity index is 3.16.